The molecule has 2 rings (SSSR count). The highest BCUT2D eigenvalue weighted by Gasteiger charge is 2.28. The fourth-order valence-corrected chi connectivity index (χ4v) is 3.30. The molecule has 6 heteroatoms. The lowest BCUT2D eigenvalue weighted by Gasteiger charge is -2.19. The number of aliphatic hydroxyl groups excluding tert-OH is 1. The number of carbonyl (C=O) groups excluding carboxylic acids is 1. The van der Waals surface area contributed by atoms with Crippen molar-refractivity contribution in [2.24, 2.45) is 5.92 Å². The second-order valence-electron chi connectivity index (χ2n) is 7.99. The van der Waals surface area contributed by atoms with Crippen LogP contribution in [0.2, 0.25) is 0 Å². The lowest BCUT2D eigenvalue weighted by molar-refractivity contribution is 0.0941. The number of fused-ring (bicyclic) bond motifs is 1. The number of Topliss-reactive ketones (excluding diaryl/α,β-unsaturated/α-hetero) is 1. The molecule has 0 fully saturated rings. The van der Waals surface area contributed by atoms with Crippen LogP contribution in [0, 0.1) is 5.92 Å². The Labute approximate surface area is 170 Å². The van der Waals surface area contributed by atoms with E-state index in [1.54, 1.807) is 6.92 Å². The third-order valence-electron chi connectivity index (χ3n) is 5.25. The molecule has 0 radical (unpaired) electrons. The Kier molecular flexibility index (Phi) is 7.25. The van der Waals surface area contributed by atoms with Crippen LogP contribution >= 0.6 is 0 Å². The van der Waals surface area contributed by atoms with Gasteiger partial charge in [-0.3, -0.25) is 4.79 Å². The number of phenols is 2. The zero-order chi connectivity index (χ0) is 21.9. The maximum absolute atomic E-state index is 13.0. The fraction of sp³-hybridized carbons (Fsp3) is 0.478. The van der Waals surface area contributed by atoms with Crippen molar-refractivity contribution in [2.45, 2.75) is 59.8 Å². The van der Waals surface area contributed by atoms with Crippen molar-refractivity contribution in [2.75, 3.05) is 6.61 Å². The van der Waals surface area contributed by atoms with Gasteiger partial charge in [0.15, 0.2) is 11.4 Å². The van der Waals surface area contributed by atoms with Gasteiger partial charge < -0.3 is 19.7 Å². The van der Waals surface area contributed by atoms with Crippen molar-refractivity contribution in [3.05, 3.63) is 44.8 Å². The molecule has 6 nitrogen and oxygen atoms in total. The van der Waals surface area contributed by atoms with Crippen LogP contribution in [-0.4, -0.2) is 27.7 Å². The molecular weight excluding hydrogens is 372 g/mol. The number of phenolic OH excluding ortho intramolecular Hbond substituents is 2. The maximum atomic E-state index is 13.0. The Morgan fingerprint density at radius 1 is 1.21 bits per heavy atom. The Hall–Kier alpha value is -2.60. The predicted molar refractivity (Wildman–Crippen MR) is 113 cm³/mol. The van der Waals surface area contributed by atoms with Crippen LogP contribution in [0.25, 0.3) is 11.0 Å². The summed E-state index contributed by atoms with van der Waals surface area (Å²) in [5, 5.41) is 31.5. The van der Waals surface area contributed by atoms with Gasteiger partial charge in [-0.05, 0) is 44.1 Å². The molecule has 0 bridgehead atoms. The molecule has 1 heterocycles. The first-order chi connectivity index (χ1) is 13.6. The highest BCUT2D eigenvalue weighted by atomic mass is 16.4. The fourth-order valence-electron chi connectivity index (χ4n) is 3.30. The first-order valence-electron chi connectivity index (χ1n) is 9.94. The largest absolute Gasteiger partial charge is 0.507 e. The molecule has 158 valence electrons. The maximum Gasteiger partial charge on any atom is 0.336 e. The number of aromatic hydroxyl groups is 2. The van der Waals surface area contributed by atoms with Crippen molar-refractivity contribution in [1.82, 2.24) is 0 Å². The number of ketones is 1. The highest BCUT2D eigenvalue weighted by molar-refractivity contribution is 6.11. The van der Waals surface area contributed by atoms with Crippen LogP contribution in [0.4, 0.5) is 0 Å². The smallest absolute Gasteiger partial charge is 0.336 e. The summed E-state index contributed by atoms with van der Waals surface area (Å²) in [5.74, 6) is -1.39. The normalized spacial score (nSPS) is 13.3. The van der Waals surface area contributed by atoms with Crippen LogP contribution in [-0.2, 0) is 6.42 Å². The molecule has 2 atom stereocenters. The predicted octanol–water partition coefficient (Wildman–Crippen LogP) is 4.43. The number of carbonyl (C=O) groups is 1. The Bertz CT molecular complexity index is 995. The van der Waals surface area contributed by atoms with E-state index < -0.39 is 11.4 Å². The molecule has 0 amide bonds. The lowest BCUT2D eigenvalue weighted by Crippen LogP contribution is -2.13. The summed E-state index contributed by atoms with van der Waals surface area (Å²) in [4.78, 5) is 25.2. The number of benzene rings is 1. The van der Waals surface area contributed by atoms with Gasteiger partial charge in [0.2, 0.25) is 0 Å². The van der Waals surface area contributed by atoms with E-state index in [9.17, 15) is 24.9 Å². The minimum Gasteiger partial charge on any atom is -0.507 e. The number of aliphatic hydroxyl groups is 1. The van der Waals surface area contributed by atoms with Gasteiger partial charge in [0.25, 0.3) is 0 Å². The monoisotopic (exact) mass is 402 g/mol. The Morgan fingerprint density at radius 3 is 2.41 bits per heavy atom. The van der Waals surface area contributed by atoms with E-state index in [2.05, 4.69) is 0 Å². The molecule has 29 heavy (non-hydrogen) atoms. The van der Waals surface area contributed by atoms with Crippen LogP contribution in [0.1, 0.15) is 74.9 Å². The summed E-state index contributed by atoms with van der Waals surface area (Å²) in [5.41, 5.74) is 0.938. The zero-order valence-corrected chi connectivity index (χ0v) is 17.7. The lowest BCUT2D eigenvalue weighted by atomic mass is 9.89. The average molecular weight is 402 g/mol. The summed E-state index contributed by atoms with van der Waals surface area (Å²) in [6.07, 6.45) is 2.76. The number of rotatable bonds is 8. The van der Waals surface area contributed by atoms with E-state index >= 15 is 0 Å². The third kappa shape index (κ3) is 4.70. The minimum absolute atomic E-state index is 0.0245. The van der Waals surface area contributed by atoms with Gasteiger partial charge in [-0.1, -0.05) is 32.4 Å². The molecule has 0 saturated carbocycles. The van der Waals surface area contributed by atoms with Gasteiger partial charge in [0.05, 0.1) is 5.39 Å². The highest BCUT2D eigenvalue weighted by Crippen LogP contribution is 2.43. The van der Waals surface area contributed by atoms with Crippen LogP contribution in [0.5, 0.6) is 11.5 Å². The van der Waals surface area contributed by atoms with Gasteiger partial charge in [-0.25, -0.2) is 4.79 Å². The average Bonchev–Trinajstić information content (AvgIpc) is 2.65. The van der Waals surface area contributed by atoms with Crippen molar-refractivity contribution in [1.29, 1.82) is 0 Å². The third-order valence-corrected chi connectivity index (χ3v) is 5.25. The quantitative estimate of drug-likeness (QED) is 0.342. The minimum atomic E-state index is -0.645. The standard InChI is InChI=1S/C23H30O6/c1-6-14(5)16-10-18(26)29-23-19(16)21(27)15(8-7-12(2)3)22(28)20(23)17(25)9-13(4)11-24/h7,10,13-14,24,27-28H,6,8-9,11H2,1-5H3. The van der Waals surface area contributed by atoms with E-state index in [-0.39, 0.29) is 64.9 Å². The van der Waals surface area contributed by atoms with E-state index in [0.29, 0.717) is 12.0 Å². The van der Waals surface area contributed by atoms with Crippen LogP contribution < -0.4 is 5.63 Å². The molecule has 0 aliphatic rings. The van der Waals surface area contributed by atoms with Gasteiger partial charge >= 0.3 is 5.63 Å². The topological polar surface area (TPSA) is 108 Å². The first-order valence-corrected chi connectivity index (χ1v) is 9.94. The number of hydrogen-bond acceptors (Lipinski definition) is 6. The molecule has 0 aliphatic carbocycles. The molecule has 2 unspecified atom stereocenters. The summed E-state index contributed by atoms with van der Waals surface area (Å²) in [7, 11) is 0. The molecule has 3 N–H and O–H groups in total. The van der Waals surface area contributed by atoms with Gasteiger partial charge in [-0.2, -0.15) is 0 Å². The van der Waals surface area contributed by atoms with E-state index in [4.69, 9.17) is 4.42 Å². The summed E-state index contributed by atoms with van der Waals surface area (Å²) in [6.45, 7) is 9.20. The summed E-state index contributed by atoms with van der Waals surface area (Å²) < 4.78 is 5.33. The Balaban J connectivity index is 2.95. The van der Waals surface area contributed by atoms with Crippen molar-refractivity contribution < 1.29 is 24.5 Å². The zero-order valence-electron chi connectivity index (χ0n) is 17.7. The van der Waals surface area contributed by atoms with E-state index in [1.165, 1.54) is 6.07 Å². The van der Waals surface area contributed by atoms with Crippen LogP contribution in [0.15, 0.2) is 26.9 Å². The number of hydrogen-bond donors (Lipinski definition) is 3. The van der Waals surface area contributed by atoms with Crippen molar-refractivity contribution in [3.8, 4) is 11.5 Å². The number of allylic oxidation sites excluding steroid dienone is 2. The van der Waals surface area contributed by atoms with E-state index in [1.807, 2.05) is 33.8 Å². The molecule has 1 aromatic heterocycles. The van der Waals surface area contributed by atoms with Gasteiger partial charge in [0.1, 0.15) is 17.1 Å². The molecule has 0 saturated heterocycles. The Morgan fingerprint density at radius 2 is 1.86 bits per heavy atom. The van der Waals surface area contributed by atoms with E-state index in [0.717, 1.165) is 5.57 Å². The second-order valence-corrected chi connectivity index (χ2v) is 7.99. The van der Waals surface area contributed by atoms with Crippen LogP contribution in [0.3, 0.4) is 0 Å². The molecule has 0 spiro atoms. The SMILES string of the molecule is CCC(C)c1cc(=O)oc2c(C(=O)CC(C)CO)c(O)c(CC=C(C)C)c(O)c12. The molecular formula is C23H30O6. The van der Waals surface area contributed by atoms with Gasteiger partial charge in [0, 0.05) is 24.7 Å². The van der Waals surface area contributed by atoms with Crippen molar-refractivity contribution in [3.63, 3.8) is 0 Å². The molecule has 2 aromatic rings. The van der Waals surface area contributed by atoms with Gasteiger partial charge in [-0.15, -0.1) is 0 Å². The summed E-state index contributed by atoms with van der Waals surface area (Å²) >= 11 is 0. The van der Waals surface area contributed by atoms with Crippen molar-refractivity contribution >= 4 is 16.8 Å². The summed E-state index contributed by atoms with van der Waals surface area (Å²) in [6, 6.07) is 1.34. The molecule has 0 aliphatic heterocycles. The first kappa shape index (κ1) is 22.7. The second kappa shape index (κ2) is 9.27. The molecule has 1 aromatic carbocycles.